The van der Waals surface area contributed by atoms with Crippen LogP contribution in [0.1, 0.15) is 24.2 Å². The number of carbonyl (C=O) groups is 2. The van der Waals surface area contributed by atoms with Gasteiger partial charge in [0.15, 0.2) is 5.78 Å². The summed E-state index contributed by atoms with van der Waals surface area (Å²) in [7, 11) is 3.87. The van der Waals surface area contributed by atoms with Gasteiger partial charge in [-0.1, -0.05) is 0 Å². The summed E-state index contributed by atoms with van der Waals surface area (Å²) in [6.07, 6.45) is 0. The Labute approximate surface area is 102 Å². The van der Waals surface area contributed by atoms with Crippen molar-refractivity contribution in [2.75, 3.05) is 19.0 Å². The van der Waals surface area contributed by atoms with Crippen LogP contribution in [0, 0.1) is 0 Å². The smallest absolute Gasteiger partial charge is 0.251 e. The number of hydrogen-bond donors (Lipinski definition) is 1. The first-order valence-electron chi connectivity index (χ1n) is 5.50. The van der Waals surface area contributed by atoms with Gasteiger partial charge in [-0.3, -0.25) is 9.59 Å². The van der Waals surface area contributed by atoms with Gasteiger partial charge >= 0.3 is 0 Å². The molecule has 4 heteroatoms. The Kier molecular flexibility index (Phi) is 4.26. The SMILES string of the molecule is CC(=O)C(C)NC(=O)c1ccc(N(C)C)cc1. The van der Waals surface area contributed by atoms with Crippen molar-refractivity contribution in [3.63, 3.8) is 0 Å². The van der Waals surface area contributed by atoms with Gasteiger partial charge in [-0.15, -0.1) is 0 Å². The Morgan fingerprint density at radius 1 is 1.18 bits per heavy atom. The summed E-state index contributed by atoms with van der Waals surface area (Å²) in [5, 5.41) is 2.64. The van der Waals surface area contributed by atoms with Crippen molar-refractivity contribution in [2.45, 2.75) is 19.9 Å². The van der Waals surface area contributed by atoms with Crippen LogP contribution in [0.2, 0.25) is 0 Å². The predicted octanol–water partition coefficient (Wildman–Crippen LogP) is 1.46. The molecule has 4 nitrogen and oxygen atoms in total. The van der Waals surface area contributed by atoms with Crippen LogP contribution in [-0.4, -0.2) is 31.8 Å². The van der Waals surface area contributed by atoms with E-state index in [1.54, 1.807) is 19.1 Å². The molecule has 1 rings (SSSR count). The van der Waals surface area contributed by atoms with Gasteiger partial charge in [0.1, 0.15) is 0 Å². The number of nitrogens with zero attached hydrogens (tertiary/aromatic N) is 1. The zero-order valence-corrected chi connectivity index (χ0v) is 10.7. The Hall–Kier alpha value is -1.84. The molecule has 17 heavy (non-hydrogen) atoms. The van der Waals surface area contributed by atoms with Gasteiger partial charge in [0.05, 0.1) is 6.04 Å². The number of Topliss-reactive ketones (excluding diaryl/α,β-unsaturated/α-hetero) is 1. The average Bonchev–Trinajstić information content (AvgIpc) is 2.28. The number of hydrogen-bond acceptors (Lipinski definition) is 3. The molecule has 1 amide bonds. The van der Waals surface area contributed by atoms with E-state index in [0.717, 1.165) is 5.69 Å². The fraction of sp³-hybridized carbons (Fsp3) is 0.385. The zero-order chi connectivity index (χ0) is 13.0. The van der Waals surface area contributed by atoms with E-state index in [4.69, 9.17) is 0 Å². The summed E-state index contributed by atoms with van der Waals surface area (Å²) < 4.78 is 0. The number of rotatable bonds is 4. The third kappa shape index (κ3) is 3.59. The monoisotopic (exact) mass is 234 g/mol. The zero-order valence-electron chi connectivity index (χ0n) is 10.7. The van der Waals surface area contributed by atoms with Crippen LogP contribution in [0.3, 0.4) is 0 Å². The van der Waals surface area contributed by atoms with Crippen LogP contribution < -0.4 is 10.2 Å². The predicted molar refractivity (Wildman–Crippen MR) is 68.4 cm³/mol. The number of carbonyl (C=O) groups excluding carboxylic acids is 2. The maximum Gasteiger partial charge on any atom is 0.251 e. The van der Waals surface area contributed by atoms with E-state index in [1.807, 2.05) is 31.1 Å². The van der Waals surface area contributed by atoms with E-state index in [1.165, 1.54) is 6.92 Å². The molecule has 1 unspecified atom stereocenters. The maximum absolute atomic E-state index is 11.8. The maximum atomic E-state index is 11.8. The van der Waals surface area contributed by atoms with Crippen molar-refractivity contribution < 1.29 is 9.59 Å². The molecule has 0 bridgehead atoms. The van der Waals surface area contributed by atoms with Gasteiger partial charge in [-0.05, 0) is 38.1 Å². The molecule has 0 aliphatic rings. The minimum absolute atomic E-state index is 0.0525. The van der Waals surface area contributed by atoms with E-state index in [0.29, 0.717) is 5.56 Å². The minimum atomic E-state index is -0.448. The Morgan fingerprint density at radius 3 is 2.12 bits per heavy atom. The normalized spacial score (nSPS) is 11.8. The van der Waals surface area contributed by atoms with Crippen molar-refractivity contribution in [1.29, 1.82) is 0 Å². The molecule has 0 spiro atoms. The molecule has 0 radical (unpaired) electrons. The number of benzene rings is 1. The molecule has 1 N–H and O–H groups in total. The molecule has 0 heterocycles. The van der Waals surface area contributed by atoms with E-state index in [9.17, 15) is 9.59 Å². The summed E-state index contributed by atoms with van der Waals surface area (Å²) in [6, 6.07) is 6.78. The summed E-state index contributed by atoms with van der Waals surface area (Å²) in [5.41, 5.74) is 1.59. The van der Waals surface area contributed by atoms with Crippen molar-refractivity contribution in [1.82, 2.24) is 5.32 Å². The quantitative estimate of drug-likeness (QED) is 0.858. The van der Waals surface area contributed by atoms with Crippen molar-refractivity contribution in [2.24, 2.45) is 0 Å². The van der Waals surface area contributed by atoms with Crippen molar-refractivity contribution in [3.05, 3.63) is 29.8 Å². The first-order chi connectivity index (χ1) is 7.91. The molecule has 1 atom stereocenters. The highest BCUT2D eigenvalue weighted by atomic mass is 16.2. The first kappa shape index (κ1) is 13.2. The topological polar surface area (TPSA) is 49.4 Å². The van der Waals surface area contributed by atoms with Crippen molar-refractivity contribution in [3.8, 4) is 0 Å². The van der Waals surface area contributed by atoms with E-state index in [2.05, 4.69) is 5.32 Å². The van der Waals surface area contributed by atoms with Crippen LogP contribution in [0.25, 0.3) is 0 Å². The number of nitrogens with one attached hydrogen (secondary N) is 1. The minimum Gasteiger partial charge on any atom is -0.378 e. The second kappa shape index (κ2) is 5.48. The summed E-state index contributed by atoms with van der Waals surface area (Å²) >= 11 is 0. The molecule has 0 aromatic heterocycles. The second-order valence-electron chi connectivity index (χ2n) is 4.25. The van der Waals surface area contributed by atoms with Gasteiger partial charge in [-0.25, -0.2) is 0 Å². The number of amides is 1. The summed E-state index contributed by atoms with van der Waals surface area (Å²) in [5.74, 6) is -0.277. The van der Waals surface area contributed by atoms with Crippen LogP contribution >= 0.6 is 0 Å². The third-order valence-corrected chi connectivity index (χ3v) is 2.60. The van der Waals surface area contributed by atoms with E-state index < -0.39 is 6.04 Å². The molecular weight excluding hydrogens is 216 g/mol. The second-order valence-corrected chi connectivity index (χ2v) is 4.25. The molecule has 0 saturated carbocycles. The highest BCUT2D eigenvalue weighted by molar-refractivity contribution is 5.97. The molecule has 1 aromatic carbocycles. The lowest BCUT2D eigenvalue weighted by Gasteiger charge is -2.13. The molecule has 92 valence electrons. The van der Waals surface area contributed by atoms with Gasteiger partial charge < -0.3 is 10.2 Å². The Bertz CT molecular complexity index is 410. The summed E-state index contributed by atoms with van der Waals surface area (Å²) in [4.78, 5) is 24.8. The third-order valence-electron chi connectivity index (χ3n) is 2.60. The lowest BCUT2D eigenvalue weighted by molar-refractivity contribution is -0.118. The van der Waals surface area contributed by atoms with Gasteiger partial charge in [-0.2, -0.15) is 0 Å². The van der Waals surface area contributed by atoms with Crippen LogP contribution in [0.5, 0.6) is 0 Å². The Morgan fingerprint density at radius 2 is 1.71 bits per heavy atom. The largest absolute Gasteiger partial charge is 0.378 e. The standard InChI is InChI=1S/C13H18N2O2/c1-9(10(2)16)14-13(17)11-5-7-12(8-6-11)15(3)4/h5-9H,1-4H3,(H,14,17). The molecular formula is C13H18N2O2. The van der Waals surface area contributed by atoms with Gasteiger partial charge in [0, 0.05) is 25.3 Å². The lowest BCUT2D eigenvalue weighted by atomic mass is 10.1. The van der Waals surface area contributed by atoms with Crippen LogP contribution in [0.4, 0.5) is 5.69 Å². The fourth-order valence-electron chi connectivity index (χ4n) is 1.29. The average molecular weight is 234 g/mol. The molecule has 1 aromatic rings. The van der Waals surface area contributed by atoms with Crippen molar-refractivity contribution >= 4 is 17.4 Å². The molecule has 0 aliphatic carbocycles. The van der Waals surface area contributed by atoms with Gasteiger partial charge in [0.2, 0.25) is 0 Å². The molecule has 0 fully saturated rings. The van der Waals surface area contributed by atoms with Crippen LogP contribution in [0.15, 0.2) is 24.3 Å². The van der Waals surface area contributed by atoms with Crippen LogP contribution in [-0.2, 0) is 4.79 Å². The molecule has 0 saturated heterocycles. The van der Waals surface area contributed by atoms with E-state index >= 15 is 0 Å². The number of ketones is 1. The highest BCUT2D eigenvalue weighted by Crippen LogP contribution is 2.12. The lowest BCUT2D eigenvalue weighted by Crippen LogP contribution is -2.37. The Balaban J connectivity index is 2.73. The van der Waals surface area contributed by atoms with E-state index in [-0.39, 0.29) is 11.7 Å². The fourth-order valence-corrected chi connectivity index (χ4v) is 1.29. The molecule has 0 aliphatic heterocycles. The summed E-state index contributed by atoms with van der Waals surface area (Å²) in [6.45, 7) is 3.13. The highest BCUT2D eigenvalue weighted by Gasteiger charge is 2.12. The number of anilines is 1. The first-order valence-corrected chi connectivity index (χ1v) is 5.50. The van der Waals surface area contributed by atoms with Gasteiger partial charge in [0.25, 0.3) is 5.91 Å².